The van der Waals surface area contributed by atoms with Gasteiger partial charge in [-0.3, -0.25) is 14.6 Å². The minimum atomic E-state index is -1.17. The van der Waals surface area contributed by atoms with Crippen LogP contribution in [0.3, 0.4) is 0 Å². The third-order valence-electron chi connectivity index (χ3n) is 6.81. The first-order valence-corrected chi connectivity index (χ1v) is 13.5. The molecule has 1 atom stereocenters. The number of amidine groups is 1. The van der Waals surface area contributed by atoms with Gasteiger partial charge in [0.05, 0.1) is 12.4 Å². The Labute approximate surface area is 239 Å². The molecule has 1 amide bonds. The van der Waals surface area contributed by atoms with Crippen molar-refractivity contribution in [3.8, 4) is 0 Å². The normalized spacial score (nSPS) is 12.2. The SMILES string of the molecule is CC(N)=NCCC[C@H](NC(=O)c1cccn(Cc2ccc(C(c3ccccc3)c3ccccc3)cc2)c1=O)C(=O)O. The Balaban J connectivity index is 1.50. The lowest BCUT2D eigenvalue weighted by atomic mass is 9.85. The molecule has 0 bridgehead atoms. The van der Waals surface area contributed by atoms with E-state index in [0.29, 0.717) is 18.8 Å². The lowest BCUT2D eigenvalue weighted by Crippen LogP contribution is -2.43. The third kappa shape index (κ3) is 7.79. The molecule has 0 aliphatic heterocycles. The predicted molar refractivity (Wildman–Crippen MR) is 160 cm³/mol. The molecule has 8 heteroatoms. The number of amides is 1. The van der Waals surface area contributed by atoms with Crippen LogP contribution in [0.15, 0.2) is 113 Å². The number of hydrogen-bond donors (Lipinski definition) is 3. The molecule has 4 aromatic rings. The number of nitrogens with two attached hydrogens (primary N) is 1. The summed E-state index contributed by atoms with van der Waals surface area (Å²) >= 11 is 0. The van der Waals surface area contributed by atoms with Crippen molar-refractivity contribution in [3.05, 3.63) is 141 Å². The summed E-state index contributed by atoms with van der Waals surface area (Å²) in [5.74, 6) is -1.42. The molecule has 41 heavy (non-hydrogen) atoms. The highest BCUT2D eigenvalue weighted by Crippen LogP contribution is 2.31. The van der Waals surface area contributed by atoms with Crippen LogP contribution in [0.25, 0.3) is 0 Å². The van der Waals surface area contributed by atoms with Gasteiger partial charge in [-0.15, -0.1) is 0 Å². The highest BCUT2D eigenvalue weighted by molar-refractivity contribution is 5.96. The van der Waals surface area contributed by atoms with Gasteiger partial charge in [-0.1, -0.05) is 84.9 Å². The first-order valence-electron chi connectivity index (χ1n) is 13.5. The van der Waals surface area contributed by atoms with Gasteiger partial charge in [-0.2, -0.15) is 0 Å². The number of carbonyl (C=O) groups is 2. The molecule has 1 aromatic heterocycles. The summed E-state index contributed by atoms with van der Waals surface area (Å²) in [6.07, 6.45) is 2.21. The lowest BCUT2D eigenvalue weighted by molar-refractivity contribution is -0.139. The summed E-state index contributed by atoms with van der Waals surface area (Å²) < 4.78 is 1.45. The molecule has 4 N–H and O–H groups in total. The molecule has 0 saturated carbocycles. The number of carboxylic acid groups (broad SMARTS) is 1. The van der Waals surface area contributed by atoms with Gasteiger partial charge in [0.25, 0.3) is 11.5 Å². The largest absolute Gasteiger partial charge is 0.480 e. The molecule has 210 valence electrons. The van der Waals surface area contributed by atoms with Crippen molar-refractivity contribution < 1.29 is 14.7 Å². The number of pyridine rings is 1. The van der Waals surface area contributed by atoms with E-state index in [-0.39, 0.29) is 24.4 Å². The van der Waals surface area contributed by atoms with Crippen molar-refractivity contribution in [3.63, 3.8) is 0 Å². The van der Waals surface area contributed by atoms with Gasteiger partial charge >= 0.3 is 5.97 Å². The van der Waals surface area contributed by atoms with Crippen molar-refractivity contribution in [2.24, 2.45) is 10.7 Å². The molecule has 8 nitrogen and oxygen atoms in total. The fourth-order valence-corrected chi connectivity index (χ4v) is 4.76. The number of hydrogen-bond acceptors (Lipinski definition) is 4. The summed E-state index contributed by atoms with van der Waals surface area (Å²) in [5, 5.41) is 12.0. The van der Waals surface area contributed by atoms with E-state index in [1.807, 2.05) is 48.5 Å². The van der Waals surface area contributed by atoms with Crippen molar-refractivity contribution in [2.75, 3.05) is 6.54 Å². The van der Waals surface area contributed by atoms with Crippen LogP contribution in [0.1, 0.15) is 58.3 Å². The highest BCUT2D eigenvalue weighted by Gasteiger charge is 2.22. The van der Waals surface area contributed by atoms with Crippen LogP contribution in [0.2, 0.25) is 0 Å². The number of aromatic nitrogens is 1. The van der Waals surface area contributed by atoms with Gasteiger partial charge in [-0.25, -0.2) is 4.79 Å². The number of carboxylic acids is 1. The zero-order valence-corrected chi connectivity index (χ0v) is 22.9. The van der Waals surface area contributed by atoms with Crippen LogP contribution in [0.5, 0.6) is 0 Å². The number of rotatable bonds is 12. The van der Waals surface area contributed by atoms with Crippen molar-refractivity contribution in [1.82, 2.24) is 9.88 Å². The Morgan fingerprint density at radius 2 is 1.46 bits per heavy atom. The highest BCUT2D eigenvalue weighted by atomic mass is 16.4. The van der Waals surface area contributed by atoms with E-state index < -0.39 is 23.5 Å². The van der Waals surface area contributed by atoms with E-state index >= 15 is 0 Å². The average Bonchev–Trinajstić information content (AvgIpc) is 2.97. The molecule has 0 unspecified atom stereocenters. The lowest BCUT2D eigenvalue weighted by Gasteiger charge is -2.19. The topological polar surface area (TPSA) is 127 Å². The van der Waals surface area contributed by atoms with Crippen molar-refractivity contribution in [1.29, 1.82) is 0 Å². The maximum atomic E-state index is 13.2. The van der Waals surface area contributed by atoms with E-state index in [4.69, 9.17) is 5.73 Å². The molecule has 0 radical (unpaired) electrons. The fraction of sp³-hybridized carbons (Fsp3) is 0.212. The number of aliphatic carboxylic acids is 1. The summed E-state index contributed by atoms with van der Waals surface area (Å²) in [4.78, 5) is 41.8. The molecule has 1 heterocycles. The quantitative estimate of drug-likeness (QED) is 0.104. The van der Waals surface area contributed by atoms with E-state index in [1.54, 1.807) is 19.2 Å². The monoisotopic (exact) mass is 550 g/mol. The second-order valence-electron chi connectivity index (χ2n) is 9.88. The van der Waals surface area contributed by atoms with Crippen LogP contribution in [-0.4, -0.2) is 40.0 Å². The summed E-state index contributed by atoms with van der Waals surface area (Å²) in [5.41, 5.74) is 9.29. The van der Waals surface area contributed by atoms with Crippen LogP contribution >= 0.6 is 0 Å². The second-order valence-corrected chi connectivity index (χ2v) is 9.88. The number of nitrogens with one attached hydrogen (secondary N) is 1. The summed E-state index contributed by atoms with van der Waals surface area (Å²) in [6.45, 7) is 2.27. The predicted octanol–water partition coefficient (Wildman–Crippen LogP) is 4.42. The van der Waals surface area contributed by atoms with Gasteiger partial charge < -0.3 is 20.7 Å². The minimum Gasteiger partial charge on any atom is -0.480 e. The van der Waals surface area contributed by atoms with Gasteiger partial charge in [0, 0.05) is 18.7 Å². The molecular formula is C33H34N4O4. The zero-order chi connectivity index (χ0) is 29.2. The maximum absolute atomic E-state index is 13.2. The van der Waals surface area contributed by atoms with Crippen LogP contribution in [0.4, 0.5) is 0 Å². The zero-order valence-electron chi connectivity index (χ0n) is 22.9. The van der Waals surface area contributed by atoms with Crippen LogP contribution in [0, 0.1) is 0 Å². The first-order chi connectivity index (χ1) is 19.8. The molecule has 0 saturated heterocycles. The third-order valence-corrected chi connectivity index (χ3v) is 6.81. The molecule has 4 rings (SSSR count). The first kappa shape index (κ1) is 29.0. The molecular weight excluding hydrogens is 516 g/mol. The number of nitrogens with zero attached hydrogens (tertiary/aromatic N) is 2. The van der Waals surface area contributed by atoms with Gasteiger partial charge in [0.1, 0.15) is 11.6 Å². The van der Waals surface area contributed by atoms with Gasteiger partial charge in [0.15, 0.2) is 0 Å². The average molecular weight is 551 g/mol. The molecule has 0 fully saturated rings. The molecule has 0 aliphatic rings. The molecule has 0 aliphatic carbocycles. The van der Waals surface area contributed by atoms with Crippen molar-refractivity contribution in [2.45, 2.75) is 38.3 Å². The number of carbonyl (C=O) groups excluding carboxylic acids is 1. The fourth-order valence-electron chi connectivity index (χ4n) is 4.76. The van der Waals surface area contributed by atoms with Crippen LogP contribution < -0.4 is 16.6 Å². The molecule has 0 spiro atoms. The number of aliphatic imine (C=N–C) groups is 1. The standard InChI is InChI=1S/C33H34N4O4/c1-23(34)35-20-8-15-29(33(40)41)36-31(38)28-14-9-21-37(32(28)39)22-24-16-18-27(19-17-24)30(25-10-4-2-5-11-25)26-12-6-3-7-13-26/h2-7,9-14,16-19,21,29-30H,8,15,20,22H2,1H3,(H2,34,35)(H,36,38)(H,40,41)/t29-/m0/s1. The Morgan fingerprint density at radius 3 is 2.02 bits per heavy atom. The van der Waals surface area contributed by atoms with E-state index in [2.05, 4.69) is 46.7 Å². The van der Waals surface area contributed by atoms with E-state index in [1.165, 1.54) is 21.8 Å². The van der Waals surface area contributed by atoms with E-state index in [0.717, 1.165) is 11.1 Å². The Morgan fingerprint density at radius 1 is 0.878 bits per heavy atom. The smallest absolute Gasteiger partial charge is 0.326 e. The van der Waals surface area contributed by atoms with Gasteiger partial charge in [0.2, 0.25) is 0 Å². The minimum absolute atomic E-state index is 0.0644. The summed E-state index contributed by atoms with van der Waals surface area (Å²) in [7, 11) is 0. The molecule has 3 aromatic carbocycles. The van der Waals surface area contributed by atoms with Crippen LogP contribution in [-0.2, 0) is 11.3 Å². The van der Waals surface area contributed by atoms with Crippen molar-refractivity contribution >= 4 is 17.7 Å². The van der Waals surface area contributed by atoms with E-state index in [9.17, 15) is 19.5 Å². The second kappa shape index (κ2) is 13.9. The number of benzene rings is 3. The van der Waals surface area contributed by atoms with Gasteiger partial charge in [-0.05, 0) is 54.2 Å². The maximum Gasteiger partial charge on any atom is 0.326 e. The Bertz CT molecular complexity index is 1500. The Kier molecular flexibility index (Phi) is 9.83. The Hall–Kier alpha value is -4.98. The summed E-state index contributed by atoms with van der Waals surface area (Å²) in [6, 6.07) is 30.6.